The van der Waals surface area contributed by atoms with Crippen molar-refractivity contribution in [3.63, 3.8) is 0 Å². The summed E-state index contributed by atoms with van der Waals surface area (Å²) in [5.41, 5.74) is 2.29. The summed E-state index contributed by atoms with van der Waals surface area (Å²) in [5, 5.41) is 0. The molecule has 1 spiro atoms. The lowest BCUT2D eigenvalue weighted by Gasteiger charge is -2.39. The van der Waals surface area contributed by atoms with E-state index in [1.165, 1.54) is 5.56 Å². The van der Waals surface area contributed by atoms with Crippen LogP contribution in [0.5, 0.6) is 5.75 Å². The van der Waals surface area contributed by atoms with Gasteiger partial charge in [-0.2, -0.15) is 0 Å². The SMILES string of the molecule is COc1ccc(CN2CCC3(CCN(CC4CN(C(=O)CC(C)C)CC4c4ccccc4)CC3)C2=O)cc1. The first-order valence-corrected chi connectivity index (χ1v) is 14.3. The van der Waals surface area contributed by atoms with Crippen LogP contribution in [-0.4, -0.2) is 72.9 Å². The molecule has 0 bridgehead atoms. The van der Waals surface area contributed by atoms with Gasteiger partial charge in [0.25, 0.3) is 0 Å². The van der Waals surface area contributed by atoms with Gasteiger partial charge in [0.15, 0.2) is 0 Å². The van der Waals surface area contributed by atoms with E-state index < -0.39 is 0 Å². The lowest BCUT2D eigenvalue weighted by Crippen LogP contribution is -2.46. The van der Waals surface area contributed by atoms with Crippen LogP contribution >= 0.6 is 0 Å². The summed E-state index contributed by atoms with van der Waals surface area (Å²) in [4.78, 5) is 33.2. The van der Waals surface area contributed by atoms with E-state index in [1.54, 1.807) is 7.11 Å². The number of methoxy groups -OCH3 is 1. The van der Waals surface area contributed by atoms with Gasteiger partial charge in [-0.05, 0) is 67.4 Å². The largest absolute Gasteiger partial charge is 0.497 e. The zero-order valence-electron chi connectivity index (χ0n) is 23.3. The molecule has 3 heterocycles. The number of carbonyl (C=O) groups excluding carboxylic acids is 2. The molecule has 0 aromatic heterocycles. The molecule has 0 aliphatic carbocycles. The van der Waals surface area contributed by atoms with Gasteiger partial charge in [0.2, 0.25) is 11.8 Å². The van der Waals surface area contributed by atoms with Gasteiger partial charge in [0.05, 0.1) is 12.5 Å². The van der Waals surface area contributed by atoms with Crippen LogP contribution in [0.25, 0.3) is 0 Å². The minimum Gasteiger partial charge on any atom is -0.497 e. The van der Waals surface area contributed by atoms with Crippen molar-refractivity contribution < 1.29 is 14.3 Å². The molecule has 2 unspecified atom stereocenters. The first-order chi connectivity index (χ1) is 18.4. The Labute approximate surface area is 227 Å². The maximum Gasteiger partial charge on any atom is 0.229 e. The quantitative estimate of drug-likeness (QED) is 0.505. The van der Waals surface area contributed by atoms with E-state index in [0.29, 0.717) is 36.6 Å². The Morgan fingerprint density at radius 1 is 0.974 bits per heavy atom. The van der Waals surface area contributed by atoms with Gasteiger partial charge in [0.1, 0.15) is 5.75 Å². The molecule has 0 radical (unpaired) electrons. The molecule has 3 saturated heterocycles. The second-order valence-electron chi connectivity index (χ2n) is 12.1. The Morgan fingerprint density at radius 3 is 2.32 bits per heavy atom. The average molecular weight is 518 g/mol. The predicted molar refractivity (Wildman–Crippen MR) is 150 cm³/mol. The highest BCUT2D eigenvalue weighted by atomic mass is 16.5. The Kier molecular flexibility index (Phi) is 8.08. The minimum absolute atomic E-state index is 0.198. The van der Waals surface area contributed by atoms with Gasteiger partial charge in [-0.25, -0.2) is 0 Å². The number of benzene rings is 2. The molecule has 204 valence electrons. The van der Waals surface area contributed by atoms with Crippen molar-refractivity contribution in [2.75, 3.05) is 46.4 Å². The summed E-state index contributed by atoms with van der Waals surface area (Å²) in [6.45, 7) is 10.3. The van der Waals surface area contributed by atoms with Crippen LogP contribution in [0.2, 0.25) is 0 Å². The third-order valence-corrected chi connectivity index (χ3v) is 9.04. The van der Waals surface area contributed by atoms with Crippen LogP contribution in [0.15, 0.2) is 54.6 Å². The van der Waals surface area contributed by atoms with E-state index in [2.05, 4.69) is 71.0 Å². The summed E-state index contributed by atoms with van der Waals surface area (Å²) in [6, 6.07) is 18.8. The molecule has 6 nitrogen and oxygen atoms in total. The summed E-state index contributed by atoms with van der Waals surface area (Å²) in [6.07, 6.45) is 3.45. The highest BCUT2D eigenvalue weighted by Crippen LogP contribution is 2.43. The molecule has 0 N–H and O–H groups in total. The zero-order chi connectivity index (χ0) is 26.7. The van der Waals surface area contributed by atoms with E-state index >= 15 is 0 Å². The highest BCUT2D eigenvalue weighted by molar-refractivity contribution is 5.85. The standard InChI is InChI=1S/C32H43N3O3/c1-24(2)19-30(36)35-22-27(29(23-35)26-7-5-4-6-8-26)21-33-16-13-32(14-17-33)15-18-34(31(32)37)20-25-9-11-28(38-3)12-10-25/h4-12,24,27,29H,13-23H2,1-3H3. The van der Waals surface area contributed by atoms with Gasteiger partial charge < -0.3 is 19.4 Å². The maximum atomic E-state index is 13.5. The van der Waals surface area contributed by atoms with Crippen molar-refractivity contribution in [3.05, 3.63) is 65.7 Å². The molecule has 6 heteroatoms. The fourth-order valence-electron chi connectivity index (χ4n) is 6.77. The van der Waals surface area contributed by atoms with Crippen LogP contribution in [-0.2, 0) is 16.1 Å². The molecule has 38 heavy (non-hydrogen) atoms. The molecule has 2 amide bonds. The number of carbonyl (C=O) groups is 2. The molecule has 5 rings (SSSR count). The number of nitrogens with zero attached hydrogens (tertiary/aromatic N) is 3. The van der Waals surface area contributed by atoms with Gasteiger partial charge in [-0.3, -0.25) is 9.59 Å². The Morgan fingerprint density at radius 2 is 1.66 bits per heavy atom. The first-order valence-electron chi connectivity index (χ1n) is 14.3. The summed E-state index contributed by atoms with van der Waals surface area (Å²) in [7, 11) is 1.67. The van der Waals surface area contributed by atoms with Crippen LogP contribution in [0.3, 0.4) is 0 Å². The van der Waals surface area contributed by atoms with Crippen molar-refractivity contribution in [2.45, 2.75) is 52.0 Å². The molecular weight excluding hydrogens is 474 g/mol. The van der Waals surface area contributed by atoms with Crippen LogP contribution < -0.4 is 4.74 Å². The second-order valence-corrected chi connectivity index (χ2v) is 12.1. The fraction of sp³-hybridized carbons (Fsp3) is 0.562. The summed E-state index contributed by atoms with van der Waals surface area (Å²) >= 11 is 0. The molecule has 2 aromatic rings. The minimum atomic E-state index is -0.198. The predicted octanol–water partition coefficient (Wildman–Crippen LogP) is 4.80. The van der Waals surface area contributed by atoms with Gasteiger partial charge in [-0.15, -0.1) is 0 Å². The molecule has 3 aliphatic heterocycles. The van der Waals surface area contributed by atoms with Crippen molar-refractivity contribution in [1.82, 2.24) is 14.7 Å². The maximum absolute atomic E-state index is 13.5. The van der Waals surface area contributed by atoms with Crippen molar-refractivity contribution in [1.29, 1.82) is 0 Å². The van der Waals surface area contributed by atoms with Crippen LogP contribution in [0.4, 0.5) is 0 Å². The highest BCUT2D eigenvalue weighted by Gasteiger charge is 2.48. The molecule has 2 atom stereocenters. The number of amides is 2. The van der Waals surface area contributed by atoms with Gasteiger partial charge in [-0.1, -0.05) is 56.3 Å². The lowest BCUT2D eigenvalue weighted by atomic mass is 9.76. The number of hydrogen-bond donors (Lipinski definition) is 0. The smallest absolute Gasteiger partial charge is 0.229 e. The lowest BCUT2D eigenvalue weighted by molar-refractivity contribution is -0.139. The van der Waals surface area contributed by atoms with Gasteiger partial charge >= 0.3 is 0 Å². The first kappa shape index (κ1) is 26.7. The second kappa shape index (κ2) is 11.5. The topological polar surface area (TPSA) is 53.1 Å². The van der Waals surface area contributed by atoms with E-state index in [9.17, 15) is 9.59 Å². The number of rotatable bonds is 8. The Bertz CT molecular complexity index is 1090. The summed E-state index contributed by atoms with van der Waals surface area (Å²) < 4.78 is 5.27. The third-order valence-electron chi connectivity index (χ3n) is 9.04. The van der Waals surface area contributed by atoms with Gasteiger partial charge in [0, 0.05) is 45.1 Å². The normalized spacial score (nSPS) is 23.5. The van der Waals surface area contributed by atoms with Crippen molar-refractivity contribution >= 4 is 11.8 Å². The zero-order valence-corrected chi connectivity index (χ0v) is 23.3. The fourth-order valence-corrected chi connectivity index (χ4v) is 6.77. The van der Waals surface area contributed by atoms with Crippen molar-refractivity contribution in [3.8, 4) is 5.75 Å². The summed E-state index contributed by atoms with van der Waals surface area (Å²) in [5.74, 6) is 2.64. The monoisotopic (exact) mass is 517 g/mol. The van der Waals surface area contributed by atoms with Crippen molar-refractivity contribution in [2.24, 2.45) is 17.3 Å². The number of piperidine rings is 1. The average Bonchev–Trinajstić information content (AvgIpc) is 3.48. The molecule has 3 aliphatic rings. The third kappa shape index (κ3) is 5.75. The van der Waals surface area contributed by atoms with E-state index in [4.69, 9.17) is 4.74 Å². The number of hydrogen-bond acceptors (Lipinski definition) is 4. The Hall–Kier alpha value is -2.86. The van der Waals surface area contributed by atoms with E-state index in [-0.39, 0.29) is 11.3 Å². The molecule has 3 fully saturated rings. The van der Waals surface area contributed by atoms with Crippen LogP contribution in [0.1, 0.15) is 56.6 Å². The van der Waals surface area contributed by atoms with Crippen LogP contribution in [0, 0.1) is 17.3 Å². The van der Waals surface area contributed by atoms with E-state index in [1.807, 2.05) is 12.1 Å². The van der Waals surface area contributed by atoms with E-state index in [0.717, 1.165) is 69.8 Å². The molecular formula is C32H43N3O3. The number of ether oxygens (including phenoxy) is 1. The Balaban J connectivity index is 1.19. The molecule has 0 saturated carbocycles. The number of likely N-dealkylation sites (tertiary alicyclic amines) is 3. The molecule has 2 aromatic carbocycles.